The van der Waals surface area contributed by atoms with Gasteiger partial charge in [0.25, 0.3) is 0 Å². The van der Waals surface area contributed by atoms with Crippen molar-refractivity contribution in [3.05, 3.63) is 89.0 Å². The zero-order valence-corrected chi connectivity index (χ0v) is 14.0. The summed E-state index contributed by atoms with van der Waals surface area (Å²) in [5.41, 5.74) is 6.22. The normalized spacial score (nSPS) is 10.4. The third-order valence-corrected chi connectivity index (χ3v) is 4.08. The summed E-state index contributed by atoms with van der Waals surface area (Å²) in [5, 5.41) is 0. The highest BCUT2D eigenvalue weighted by Crippen LogP contribution is 2.29. The van der Waals surface area contributed by atoms with Crippen molar-refractivity contribution in [2.45, 2.75) is 20.5 Å². The molecule has 0 spiro atoms. The second-order valence-electron chi connectivity index (χ2n) is 5.96. The fraction of sp³-hybridized carbons (Fsp3) is 0.136. The fourth-order valence-electron chi connectivity index (χ4n) is 2.72. The smallest absolute Gasteiger partial charge is 0.153 e. The highest BCUT2D eigenvalue weighted by molar-refractivity contribution is 5.83. The molecule has 0 aliphatic heterocycles. The summed E-state index contributed by atoms with van der Waals surface area (Å²) < 4.78 is 5.83. The minimum atomic E-state index is 0.449. The number of carbonyl (C=O) groups excluding carboxylic acids is 1. The molecule has 0 unspecified atom stereocenters. The van der Waals surface area contributed by atoms with Crippen LogP contribution in [0.25, 0.3) is 11.1 Å². The lowest BCUT2D eigenvalue weighted by Gasteiger charge is -2.12. The lowest BCUT2D eigenvalue weighted by molar-refractivity contribution is 0.111. The quantitative estimate of drug-likeness (QED) is 0.592. The maximum absolute atomic E-state index is 11.5. The standard InChI is InChI=1S/C22H20O2/c1-16-8-9-17(2)21(12-16)19-10-11-22(20(13-19)14-23)24-15-18-6-4-3-5-7-18/h3-14H,15H2,1-2H3. The number of hydrogen-bond acceptors (Lipinski definition) is 2. The number of hydrogen-bond donors (Lipinski definition) is 0. The predicted octanol–water partition coefficient (Wildman–Crippen LogP) is 5.36. The average molecular weight is 316 g/mol. The molecule has 0 saturated heterocycles. The number of aldehydes is 1. The number of carbonyl (C=O) groups is 1. The first kappa shape index (κ1) is 16.0. The Bertz CT molecular complexity index is 851. The molecule has 0 aliphatic rings. The van der Waals surface area contributed by atoms with Gasteiger partial charge in [-0.1, -0.05) is 60.2 Å². The molecule has 2 heteroatoms. The van der Waals surface area contributed by atoms with Crippen LogP contribution in [0, 0.1) is 13.8 Å². The van der Waals surface area contributed by atoms with E-state index in [2.05, 4.69) is 32.0 Å². The maximum atomic E-state index is 11.5. The molecular formula is C22H20O2. The molecule has 0 bridgehead atoms. The van der Waals surface area contributed by atoms with Crippen molar-refractivity contribution in [2.24, 2.45) is 0 Å². The molecule has 0 heterocycles. The Kier molecular flexibility index (Phi) is 4.76. The largest absolute Gasteiger partial charge is 0.488 e. The third-order valence-electron chi connectivity index (χ3n) is 4.08. The van der Waals surface area contributed by atoms with Crippen LogP contribution < -0.4 is 4.74 Å². The predicted molar refractivity (Wildman–Crippen MR) is 97.5 cm³/mol. The van der Waals surface area contributed by atoms with Crippen LogP contribution in [0.15, 0.2) is 66.7 Å². The van der Waals surface area contributed by atoms with E-state index in [0.29, 0.717) is 17.9 Å². The minimum Gasteiger partial charge on any atom is -0.488 e. The highest BCUT2D eigenvalue weighted by atomic mass is 16.5. The van der Waals surface area contributed by atoms with Gasteiger partial charge >= 0.3 is 0 Å². The zero-order chi connectivity index (χ0) is 16.9. The van der Waals surface area contributed by atoms with E-state index >= 15 is 0 Å². The Hall–Kier alpha value is -2.87. The second kappa shape index (κ2) is 7.14. The van der Waals surface area contributed by atoms with E-state index in [-0.39, 0.29) is 0 Å². The van der Waals surface area contributed by atoms with Gasteiger partial charge in [0.2, 0.25) is 0 Å². The molecule has 2 nitrogen and oxygen atoms in total. The minimum absolute atomic E-state index is 0.449. The van der Waals surface area contributed by atoms with Gasteiger partial charge in [-0.3, -0.25) is 4.79 Å². The molecule has 0 N–H and O–H groups in total. The van der Waals surface area contributed by atoms with Gasteiger partial charge in [0.05, 0.1) is 5.56 Å². The number of ether oxygens (including phenoxy) is 1. The van der Waals surface area contributed by atoms with Crippen molar-refractivity contribution in [2.75, 3.05) is 0 Å². The van der Waals surface area contributed by atoms with Crippen LogP contribution in [0.2, 0.25) is 0 Å². The van der Waals surface area contributed by atoms with Gasteiger partial charge in [-0.15, -0.1) is 0 Å². The molecule has 3 aromatic carbocycles. The molecule has 0 aromatic heterocycles. The van der Waals surface area contributed by atoms with Crippen molar-refractivity contribution in [3.63, 3.8) is 0 Å². The number of rotatable bonds is 5. The van der Waals surface area contributed by atoms with Crippen molar-refractivity contribution >= 4 is 6.29 Å². The van der Waals surface area contributed by atoms with Crippen molar-refractivity contribution < 1.29 is 9.53 Å². The van der Waals surface area contributed by atoms with E-state index in [0.717, 1.165) is 23.0 Å². The molecule has 0 fully saturated rings. The summed E-state index contributed by atoms with van der Waals surface area (Å²) in [6, 6.07) is 22.1. The Morgan fingerprint density at radius 2 is 1.71 bits per heavy atom. The second-order valence-corrected chi connectivity index (χ2v) is 5.96. The molecular weight excluding hydrogens is 296 g/mol. The third kappa shape index (κ3) is 3.54. The van der Waals surface area contributed by atoms with Crippen LogP contribution in [0.3, 0.4) is 0 Å². The van der Waals surface area contributed by atoms with Crippen LogP contribution in [0.5, 0.6) is 5.75 Å². The first-order valence-electron chi connectivity index (χ1n) is 8.01. The van der Waals surface area contributed by atoms with Gasteiger partial charge in [-0.25, -0.2) is 0 Å². The number of benzene rings is 3. The average Bonchev–Trinajstić information content (AvgIpc) is 2.62. The van der Waals surface area contributed by atoms with Crippen LogP contribution in [0.1, 0.15) is 27.0 Å². The summed E-state index contributed by atoms with van der Waals surface area (Å²) >= 11 is 0. The summed E-state index contributed by atoms with van der Waals surface area (Å²) in [7, 11) is 0. The van der Waals surface area contributed by atoms with E-state index in [1.54, 1.807) is 0 Å². The van der Waals surface area contributed by atoms with E-state index in [9.17, 15) is 4.79 Å². The Morgan fingerprint density at radius 3 is 2.46 bits per heavy atom. The summed E-state index contributed by atoms with van der Waals surface area (Å²) in [6.07, 6.45) is 0.856. The van der Waals surface area contributed by atoms with Crippen LogP contribution in [-0.2, 0) is 6.61 Å². The highest BCUT2D eigenvalue weighted by Gasteiger charge is 2.08. The Morgan fingerprint density at radius 1 is 0.917 bits per heavy atom. The van der Waals surface area contributed by atoms with E-state index in [4.69, 9.17) is 4.74 Å². The molecule has 0 saturated carbocycles. The van der Waals surface area contributed by atoms with Crippen molar-refractivity contribution in [3.8, 4) is 16.9 Å². The van der Waals surface area contributed by atoms with E-state index in [1.807, 2.05) is 48.5 Å². The van der Waals surface area contributed by atoms with Crippen LogP contribution >= 0.6 is 0 Å². The molecule has 0 amide bonds. The van der Waals surface area contributed by atoms with Gasteiger partial charge in [-0.2, -0.15) is 0 Å². The molecule has 0 aliphatic carbocycles. The van der Waals surface area contributed by atoms with Crippen molar-refractivity contribution in [1.29, 1.82) is 0 Å². The topological polar surface area (TPSA) is 26.3 Å². The van der Waals surface area contributed by atoms with Crippen LogP contribution in [-0.4, -0.2) is 6.29 Å². The van der Waals surface area contributed by atoms with Gasteiger partial charge in [0, 0.05) is 0 Å². The van der Waals surface area contributed by atoms with Crippen LogP contribution in [0.4, 0.5) is 0 Å². The molecule has 0 radical (unpaired) electrons. The van der Waals surface area contributed by atoms with Gasteiger partial charge in [0.15, 0.2) is 6.29 Å². The Labute approximate surface area is 142 Å². The lowest BCUT2D eigenvalue weighted by atomic mass is 9.97. The first-order chi connectivity index (χ1) is 11.7. The van der Waals surface area contributed by atoms with Crippen molar-refractivity contribution in [1.82, 2.24) is 0 Å². The molecule has 3 rings (SSSR count). The molecule has 3 aromatic rings. The van der Waals surface area contributed by atoms with Gasteiger partial charge in [0.1, 0.15) is 12.4 Å². The first-order valence-corrected chi connectivity index (χ1v) is 8.01. The summed E-state index contributed by atoms with van der Waals surface area (Å²) in [4.78, 5) is 11.5. The summed E-state index contributed by atoms with van der Waals surface area (Å²) in [5.74, 6) is 0.614. The monoisotopic (exact) mass is 316 g/mol. The van der Waals surface area contributed by atoms with E-state index in [1.165, 1.54) is 11.1 Å². The zero-order valence-electron chi connectivity index (χ0n) is 14.0. The fourth-order valence-corrected chi connectivity index (χ4v) is 2.72. The molecule has 0 atom stereocenters. The maximum Gasteiger partial charge on any atom is 0.153 e. The molecule has 24 heavy (non-hydrogen) atoms. The van der Waals surface area contributed by atoms with E-state index < -0.39 is 0 Å². The number of aryl methyl sites for hydroxylation is 2. The molecule has 120 valence electrons. The Balaban J connectivity index is 1.88. The SMILES string of the molecule is Cc1ccc(C)c(-c2ccc(OCc3ccccc3)c(C=O)c2)c1. The lowest BCUT2D eigenvalue weighted by Crippen LogP contribution is -1.98. The van der Waals surface area contributed by atoms with Gasteiger partial charge in [-0.05, 0) is 48.2 Å². The van der Waals surface area contributed by atoms with Gasteiger partial charge < -0.3 is 4.74 Å². The summed E-state index contributed by atoms with van der Waals surface area (Å²) in [6.45, 7) is 4.60.